The molecule has 0 aliphatic carbocycles. The quantitative estimate of drug-likeness (QED) is 0.297. The molecule has 0 aliphatic rings. The topological polar surface area (TPSA) is 88.9 Å². The summed E-state index contributed by atoms with van der Waals surface area (Å²) in [6.07, 6.45) is 1.74. The second kappa shape index (κ2) is 12.4. The van der Waals surface area contributed by atoms with Gasteiger partial charge in [-0.2, -0.15) is 0 Å². The van der Waals surface area contributed by atoms with Gasteiger partial charge in [-0.15, -0.1) is 16.8 Å². The van der Waals surface area contributed by atoms with Gasteiger partial charge in [0.1, 0.15) is 0 Å². The van der Waals surface area contributed by atoms with Crippen LogP contribution in [0.4, 0.5) is 0 Å². The Bertz CT molecular complexity index is 1130. The van der Waals surface area contributed by atoms with Crippen molar-refractivity contribution in [3.05, 3.63) is 89.2 Å². The average Bonchev–Trinajstić information content (AvgIpc) is 3.22. The highest BCUT2D eigenvalue weighted by atomic mass is 35.5. The summed E-state index contributed by atoms with van der Waals surface area (Å²) in [4.78, 5) is 25.3. The number of aromatic nitrogens is 3. The number of hydrogen-bond acceptors (Lipinski definition) is 5. The molecule has 9 heteroatoms. The summed E-state index contributed by atoms with van der Waals surface area (Å²) in [5.41, 5.74) is 1.43. The number of halogens is 1. The Morgan fingerprint density at radius 3 is 2.50 bits per heavy atom. The average molecular weight is 498 g/mol. The molecule has 0 fully saturated rings. The Morgan fingerprint density at radius 2 is 1.82 bits per heavy atom. The van der Waals surface area contributed by atoms with E-state index in [1.54, 1.807) is 30.3 Å². The van der Waals surface area contributed by atoms with Gasteiger partial charge in [0.15, 0.2) is 11.0 Å². The van der Waals surface area contributed by atoms with Gasteiger partial charge in [0.2, 0.25) is 5.91 Å². The van der Waals surface area contributed by atoms with Crippen LogP contribution in [0.2, 0.25) is 5.02 Å². The van der Waals surface area contributed by atoms with Crippen LogP contribution in [0.15, 0.2) is 72.4 Å². The lowest BCUT2D eigenvalue weighted by atomic mass is 10.0. The van der Waals surface area contributed by atoms with E-state index in [0.717, 1.165) is 5.56 Å². The summed E-state index contributed by atoms with van der Waals surface area (Å²) < 4.78 is 1.87. The number of carbonyl (C=O) groups excluding carboxylic acids is 2. The van der Waals surface area contributed by atoms with Crippen molar-refractivity contribution in [1.29, 1.82) is 0 Å². The van der Waals surface area contributed by atoms with Gasteiger partial charge in [-0.25, -0.2) is 0 Å². The standard InChI is InChI=1S/C25H28ClN5O2S/c1-4-14-31-23(22(17(2)3)28-24(33)19-12-8-9-13-20(19)26)29-30-25(31)34-16-21(32)27-15-18-10-6-5-7-11-18/h4-13,17,22H,1,14-16H2,2-3H3,(H,27,32)(H,28,33)/t22-/m1/s1. The van der Waals surface area contributed by atoms with Crippen LogP contribution in [0.25, 0.3) is 0 Å². The van der Waals surface area contributed by atoms with Crippen molar-refractivity contribution in [1.82, 2.24) is 25.4 Å². The highest BCUT2D eigenvalue weighted by molar-refractivity contribution is 7.99. The number of benzene rings is 2. The molecule has 1 heterocycles. The van der Waals surface area contributed by atoms with Gasteiger partial charge in [0.05, 0.1) is 22.4 Å². The zero-order chi connectivity index (χ0) is 24.5. The molecular formula is C25H28ClN5O2S. The van der Waals surface area contributed by atoms with Crippen LogP contribution >= 0.6 is 23.4 Å². The molecule has 0 saturated heterocycles. The molecule has 2 amide bonds. The maximum Gasteiger partial charge on any atom is 0.253 e. The van der Waals surface area contributed by atoms with Crippen LogP contribution in [0.5, 0.6) is 0 Å². The summed E-state index contributed by atoms with van der Waals surface area (Å²) in [5, 5.41) is 15.6. The van der Waals surface area contributed by atoms with Crippen molar-refractivity contribution in [2.45, 2.75) is 38.1 Å². The van der Waals surface area contributed by atoms with E-state index in [-0.39, 0.29) is 23.5 Å². The smallest absolute Gasteiger partial charge is 0.253 e. The second-order valence-electron chi connectivity index (χ2n) is 7.97. The summed E-state index contributed by atoms with van der Waals surface area (Å²) in [6.45, 7) is 8.73. The fourth-order valence-corrected chi connectivity index (χ4v) is 4.32. The highest BCUT2D eigenvalue weighted by Crippen LogP contribution is 2.26. The largest absolute Gasteiger partial charge is 0.351 e. The minimum Gasteiger partial charge on any atom is -0.351 e. The molecule has 34 heavy (non-hydrogen) atoms. The summed E-state index contributed by atoms with van der Waals surface area (Å²) >= 11 is 7.49. The minimum absolute atomic E-state index is 0.0335. The number of thioether (sulfide) groups is 1. The SMILES string of the molecule is C=CCn1c(SCC(=O)NCc2ccccc2)nnc1[C@H](NC(=O)c1ccccc1Cl)C(C)C. The second-order valence-corrected chi connectivity index (χ2v) is 9.32. The van der Waals surface area contributed by atoms with Crippen molar-refractivity contribution >= 4 is 35.2 Å². The maximum atomic E-state index is 12.9. The van der Waals surface area contributed by atoms with Gasteiger partial charge in [0.25, 0.3) is 5.91 Å². The van der Waals surface area contributed by atoms with Gasteiger partial charge >= 0.3 is 0 Å². The van der Waals surface area contributed by atoms with E-state index in [1.165, 1.54) is 11.8 Å². The van der Waals surface area contributed by atoms with E-state index >= 15 is 0 Å². The lowest BCUT2D eigenvalue weighted by molar-refractivity contribution is -0.118. The van der Waals surface area contributed by atoms with Gasteiger partial charge in [-0.1, -0.05) is 85.8 Å². The maximum absolute atomic E-state index is 12.9. The lowest BCUT2D eigenvalue weighted by Gasteiger charge is -2.23. The summed E-state index contributed by atoms with van der Waals surface area (Å²) in [7, 11) is 0. The van der Waals surface area contributed by atoms with Crippen LogP contribution in [0.3, 0.4) is 0 Å². The lowest BCUT2D eigenvalue weighted by Crippen LogP contribution is -2.34. The third-order valence-corrected chi connectivity index (χ3v) is 6.37. The number of rotatable bonds is 11. The third-order valence-electron chi connectivity index (χ3n) is 5.07. The van der Waals surface area contributed by atoms with Gasteiger partial charge in [-0.05, 0) is 23.6 Å². The normalized spacial score (nSPS) is 11.8. The van der Waals surface area contributed by atoms with Crippen LogP contribution in [-0.2, 0) is 17.9 Å². The van der Waals surface area contributed by atoms with Crippen molar-refractivity contribution in [2.75, 3.05) is 5.75 Å². The molecule has 0 radical (unpaired) electrons. The molecule has 0 saturated carbocycles. The molecule has 3 rings (SSSR count). The molecule has 0 bridgehead atoms. The van der Waals surface area contributed by atoms with Crippen molar-refractivity contribution in [3.8, 4) is 0 Å². The third kappa shape index (κ3) is 6.71. The number of nitrogens with zero attached hydrogens (tertiary/aromatic N) is 3. The molecule has 1 aromatic heterocycles. The molecule has 1 atom stereocenters. The predicted molar refractivity (Wildman–Crippen MR) is 136 cm³/mol. The Kier molecular flexibility index (Phi) is 9.30. The van der Waals surface area contributed by atoms with Crippen molar-refractivity contribution in [2.24, 2.45) is 5.92 Å². The number of allylic oxidation sites excluding steroid dienone is 1. The highest BCUT2D eigenvalue weighted by Gasteiger charge is 2.27. The molecule has 0 aliphatic heterocycles. The first-order valence-electron chi connectivity index (χ1n) is 10.9. The van der Waals surface area contributed by atoms with E-state index < -0.39 is 6.04 Å². The first-order valence-corrected chi connectivity index (χ1v) is 12.3. The zero-order valence-electron chi connectivity index (χ0n) is 19.2. The first kappa shape index (κ1) is 25.5. The fourth-order valence-electron chi connectivity index (χ4n) is 3.31. The zero-order valence-corrected chi connectivity index (χ0v) is 20.8. The number of amides is 2. The van der Waals surface area contributed by atoms with Crippen LogP contribution in [0, 0.1) is 5.92 Å². The summed E-state index contributed by atoms with van der Waals surface area (Å²) in [5.74, 6) is 0.442. The van der Waals surface area contributed by atoms with Gasteiger partial charge in [0, 0.05) is 13.1 Å². The monoisotopic (exact) mass is 497 g/mol. The molecule has 178 valence electrons. The Morgan fingerprint density at radius 1 is 1.12 bits per heavy atom. The van der Waals surface area contributed by atoms with Gasteiger partial charge in [-0.3, -0.25) is 9.59 Å². The van der Waals surface area contributed by atoms with Crippen molar-refractivity contribution in [3.63, 3.8) is 0 Å². The van der Waals surface area contributed by atoms with E-state index in [1.807, 2.05) is 48.7 Å². The van der Waals surface area contributed by atoms with Crippen LogP contribution in [-0.4, -0.2) is 32.3 Å². The molecule has 0 spiro atoms. The molecule has 0 unspecified atom stereocenters. The number of nitrogens with one attached hydrogen (secondary N) is 2. The molecule has 2 aromatic carbocycles. The van der Waals surface area contributed by atoms with Gasteiger partial charge < -0.3 is 15.2 Å². The Labute approximate surface area is 209 Å². The Balaban J connectivity index is 1.71. The first-order chi connectivity index (χ1) is 16.4. The molecule has 7 nitrogen and oxygen atoms in total. The molecular weight excluding hydrogens is 470 g/mol. The summed E-state index contributed by atoms with van der Waals surface area (Å²) in [6, 6.07) is 16.2. The van der Waals surface area contributed by atoms with E-state index in [9.17, 15) is 9.59 Å². The Hall–Kier alpha value is -3.10. The van der Waals surface area contributed by atoms with Crippen LogP contribution < -0.4 is 10.6 Å². The van der Waals surface area contributed by atoms with E-state index in [0.29, 0.717) is 34.7 Å². The number of carbonyl (C=O) groups is 2. The number of hydrogen-bond donors (Lipinski definition) is 2. The fraction of sp³-hybridized carbons (Fsp3) is 0.280. The van der Waals surface area contributed by atoms with Crippen LogP contribution in [0.1, 0.15) is 41.6 Å². The van der Waals surface area contributed by atoms with Crippen molar-refractivity contribution < 1.29 is 9.59 Å². The molecule has 2 N–H and O–H groups in total. The van der Waals surface area contributed by atoms with E-state index in [4.69, 9.17) is 11.6 Å². The minimum atomic E-state index is -0.405. The van der Waals surface area contributed by atoms with E-state index in [2.05, 4.69) is 27.4 Å². The predicted octanol–water partition coefficient (Wildman–Crippen LogP) is 4.65. The molecule has 3 aromatic rings.